The first-order chi connectivity index (χ1) is 18.9. The monoisotopic (exact) mass is 567 g/mol. The summed E-state index contributed by atoms with van der Waals surface area (Å²) in [6.45, 7) is 7.86. The molecule has 1 saturated heterocycles. The van der Waals surface area contributed by atoms with Gasteiger partial charge in [-0.1, -0.05) is 24.3 Å². The molecule has 0 spiro atoms. The standard InChI is InChI=1S/C29H37N5O3S2/c1-4-31-29(38)33-24-13-9-21(10-14-24)17-20-7-11-23(12-8-20)32-16-15-25-27(35)34(5-2)26(39-25)18-22(19-30)28(36)37-6-3/h7-14,22,25-26,32H,4-6,15-18H2,1-3H3,(H2,31,33,38). The van der Waals surface area contributed by atoms with Gasteiger partial charge in [0, 0.05) is 37.4 Å². The van der Waals surface area contributed by atoms with Gasteiger partial charge in [0.1, 0.15) is 5.92 Å². The Kier molecular flexibility index (Phi) is 11.9. The number of rotatable bonds is 13. The van der Waals surface area contributed by atoms with Crippen molar-refractivity contribution in [3.8, 4) is 6.07 Å². The molecule has 0 aromatic heterocycles. The van der Waals surface area contributed by atoms with E-state index in [-0.39, 0.29) is 29.6 Å². The van der Waals surface area contributed by atoms with Crippen LogP contribution in [0.2, 0.25) is 0 Å². The number of hydrogen-bond acceptors (Lipinski definition) is 7. The first-order valence-electron chi connectivity index (χ1n) is 13.4. The average molecular weight is 568 g/mol. The third-order valence-corrected chi connectivity index (χ3v) is 8.15. The highest BCUT2D eigenvalue weighted by Crippen LogP contribution is 2.37. The molecular formula is C29H37N5O3S2. The maximum Gasteiger partial charge on any atom is 0.323 e. The number of amides is 1. The van der Waals surface area contributed by atoms with Crippen LogP contribution in [0.4, 0.5) is 11.4 Å². The van der Waals surface area contributed by atoms with E-state index in [4.69, 9.17) is 17.0 Å². The Morgan fingerprint density at radius 3 is 2.31 bits per heavy atom. The molecule has 1 aliphatic rings. The van der Waals surface area contributed by atoms with Crippen LogP contribution in [0, 0.1) is 17.2 Å². The summed E-state index contributed by atoms with van der Waals surface area (Å²) in [4.78, 5) is 26.8. The van der Waals surface area contributed by atoms with Gasteiger partial charge in [0.15, 0.2) is 5.11 Å². The minimum absolute atomic E-state index is 0.0647. The van der Waals surface area contributed by atoms with E-state index < -0.39 is 11.9 Å². The summed E-state index contributed by atoms with van der Waals surface area (Å²) >= 11 is 6.77. The summed E-state index contributed by atoms with van der Waals surface area (Å²) in [6, 6.07) is 18.6. The lowest BCUT2D eigenvalue weighted by Gasteiger charge is -2.23. The van der Waals surface area contributed by atoms with Gasteiger partial charge in [0.05, 0.1) is 23.3 Å². The Hall–Kier alpha value is -3.29. The average Bonchev–Trinajstić information content (AvgIpc) is 3.23. The second-order valence-electron chi connectivity index (χ2n) is 9.14. The van der Waals surface area contributed by atoms with Crippen LogP contribution >= 0.6 is 24.0 Å². The van der Waals surface area contributed by atoms with Gasteiger partial charge in [-0.15, -0.1) is 11.8 Å². The summed E-state index contributed by atoms with van der Waals surface area (Å²) in [7, 11) is 0. The molecule has 1 aliphatic heterocycles. The Morgan fingerprint density at radius 2 is 1.74 bits per heavy atom. The lowest BCUT2D eigenvalue weighted by molar-refractivity contribution is -0.146. The number of carbonyl (C=O) groups is 2. The van der Waals surface area contributed by atoms with E-state index in [1.807, 2.05) is 32.0 Å². The van der Waals surface area contributed by atoms with Gasteiger partial charge < -0.3 is 25.6 Å². The van der Waals surface area contributed by atoms with Gasteiger partial charge in [-0.25, -0.2) is 0 Å². The molecule has 2 aromatic rings. The summed E-state index contributed by atoms with van der Waals surface area (Å²) in [5.41, 5.74) is 4.38. The van der Waals surface area contributed by atoms with E-state index in [2.05, 4.69) is 52.3 Å². The van der Waals surface area contributed by atoms with Crippen molar-refractivity contribution in [2.75, 3.05) is 36.9 Å². The molecule has 3 N–H and O–H groups in total. The third-order valence-electron chi connectivity index (χ3n) is 6.38. The molecule has 2 aromatic carbocycles. The topological polar surface area (TPSA) is 106 Å². The molecule has 1 heterocycles. The van der Waals surface area contributed by atoms with Crippen LogP contribution in [0.15, 0.2) is 48.5 Å². The molecule has 10 heteroatoms. The van der Waals surface area contributed by atoms with Gasteiger partial charge in [-0.05, 0) is 81.2 Å². The lowest BCUT2D eigenvalue weighted by atomic mass is 10.0. The number of thiocarbonyl (C=S) groups is 1. The molecule has 0 aliphatic carbocycles. The van der Waals surface area contributed by atoms with E-state index in [1.54, 1.807) is 11.8 Å². The maximum atomic E-state index is 12.9. The van der Waals surface area contributed by atoms with Crippen LogP contribution in [0.3, 0.4) is 0 Å². The summed E-state index contributed by atoms with van der Waals surface area (Å²) in [6.07, 6.45) is 1.77. The molecule has 3 atom stereocenters. The highest BCUT2D eigenvalue weighted by Gasteiger charge is 2.41. The van der Waals surface area contributed by atoms with E-state index >= 15 is 0 Å². The van der Waals surface area contributed by atoms with Gasteiger partial charge >= 0.3 is 5.97 Å². The molecule has 39 heavy (non-hydrogen) atoms. The van der Waals surface area contributed by atoms with Gasteiger partial charge in [0.25, 0.3) is 0 Å². The predicted molar refractivity (Wildman–Crippen MR) is 162 cm³/mol. The normalized spacial score (nSPS) is 17.3. The van der Waals surface area contributed by atoms with Gasteiger partial charge in [-0.2, -0.15) is 5.26 Å². The summed E-state index contributed by atoms with van der Waals surface area (Å²) < 4.78 is 5.01. The van der Waals surface area contributed by atoms with Crippen molar-refractivity contribution in [2.45, 2.75) is 50.7 Å². The fraction of sp³-hybridized carbons (Fsp3) is 0.448. The summed E-state index contributed by atoms with van der Waals surface area (Å²) in [5, 5.41) is 19.3. The number of carbonyl (C=O) groups excluding carboxylic acids is 2. The Bertz CT molecular complexity index is 1150. The minimum atomic E-state index is -0.865. The van der Waals surface area contributed by atoms with E-state index in [0.717, 1.165) is 24.3 Å². The number of nitrogens with zero attached hydrogens (tertiary/aromatic N) is 2. The van der Waals surface area contributed by atoms with Crippen LogP contribution in [0.1, 0.15) is 44.7 Å². The smallest absolute Gasteiger partial charge is 0.323 e. The first kappa shape index (κ1) is 30.3. The molecule has 0 radical (unpaired) electrons. The Labute approximate surface area is 240 Å². The maximum absolute atomic E-state index is 12.9. The lowest BCUT2D eigenvalue weighted by Crippen LogP contribution is -2.36. The number of anilines is 2. The quantitative estimate of drug-likeness (QED) is 0.233. The number of esters is 1. The number of ether oxygens (including phenoxy) is 1. The highest BCUT2D eigenvalue weighted by atomic mass is 32.2. The molecule has 1 amide bonds. The zero-order valence-corrected chi connectivity index (χ0v) is 24.4. The molecular weight excluding hydrogens is 530 g/mol. The fourth-order valence-corrected chi connectivity index (χ4v) is 6.24. The van der Waals surface area contributed by atoms with Crippen LogP contribution in [0.5, 0.6) is 0 Å². The molecule has 3 rings (SSSR count). The molecule has 0 saturated carbocycles. The Morgan fingerprint density at radius 1 is 1.10 bits per heavy atom. The largest absolute Gasteiger partial charge is 0.465 e. The van der Waals surface area contributed by atoms with Crippen LogP contribution in [-0.2, 0) is 20.7 Å². The molecule has 8 nitrogen and oxygen atoms in total. The number of thioether (sulfide) groups is 1. The van der Waals surface area contributed by atoms with E-state index in [1.165, 1.54) is 22.9 Å². The SMILES string of the molecule is CCNC(=S)Nc1ccc(Cc2ccc(NCCC3SC(CC(C#N)C(=O)OCC)N(CC)C3=O)cc2)cc1. The molecule has 1 fully saturated rings. The van der Waals surface area contributed by atoms with Crippen LogP contribution in [-0.4, -0.2) is 58.8 Å². The first-order valence-corrected chi connectivity index (χ1v) is 14.7. The van der Waals surface area contributed by atoms with E-state index in [0.29, 0.717) is 24.6 Å². The van der Waals surface area contributed by atoms with Crippen molar-refractivity contribution in [3.63, 3.8) is 0 Å². The molecule has 3 unspecified atom stereocenters. The zero-order chi connectivity index (χ0) is 28.2. The summed E-state index contributed by atoms with van der Waals surface area (Å²) in [5.74, 6) is -1.32. The van der Waals surface area contributed by atoms with Crippen molar-refractivity contribution in [3.05, 3.63) is 59.7 Å². The number of nitrogens with one attached hydrogen (secondary N) is 3. The van der Waals surface area contributed by atoms with Gasteiger partial charge in [-0.3, -0.25) is 9.59 Å². The fourth-order valence-electron chi connectivity index (χ4n) is 4.39. The van der Waals surface area contributed by atoms with Crippen LogP contribution < -0.4 is 16.0 Å². The second kappa shape index (κ2) is 15.3. The Balaban J connectivity index is 1.47. The number of benzene rings is 2. The second-order valence-corrected chi connectivity index (χ2v) is 10.9. The van der Waals surface area contributed by atoms with Crippen molar-refractivity contribution in [1.29, 1.82) is 5.26 Å². The predicted octanol–water partition coefficient (Wildman–Crippen LogP) is 4.77. The zero-order valence-electron chi connectivity index (χ0n) is 22.7. The number of hydrogen-bond donors (Lipinski definition) is 3. The van der Waals surface area contributed by atoms with Crippen molar-refractivity contribution >= 4 is 52.3 Å². The number of nitriles is 1. The van der Waals surface area contributed by atoms with Gasteiger partial charge in [0.2, 0.25) is 5.91 Å². The van der Waals surface area contributed by atoms with E-state index in [9.17, 15) is 14.9 Å². The van der Waals surface area contributed by atoms with Crippen LogP contribution in [0.25, 0.3) is 0 Å². The third kappa shape index (κ3) is 8.87. The van der Waals surface area contributed by atoms with Crippen molar-refractivity contribution in [2.24, 2.45) is 5.92 Å². The van der Waals surface area contributed by atoms with Crippen molar-refractivity contribution in [1.82, 2.24) is 10.2 Å². The van der Waals surface area contributed by atoms with Crippen molar-refractivity contribution < 1.29 is 14.3 Å². The highest BCUT2D eigenvalue weighted by molar-refractivity contribution is 8.01. The molecule has 0 bridgehead atoms. The minimum Gasteiger partial charge on any atom is -0.465 e. The molecule has 208 valence electrons.